The summed E-state index contributed by atoms with van der Waals surface area (Å²) in [6.07, 6.45) is 5.98. The van der Waals surface area contributed by atoms with Crippen LogP contribution in [0.4, 0.5) is 11.6 Å². The molecular weight excluding hydrogens is 340 g/mol. The number of hydrogen-bond donors (Lipinski definition) is 2. The zero-order valence-corrected chi connectivity index (χ0v) is 15.7. The van der Waals surface area contributed by atoms with E-state index in [0.29, 0.717) is 5.82 Å². The summed E-state index contributed by atoms with van der Waals surface area (Å²) in [4.78, 5) is 26.6. The van der Waals surface area contributed by atoms with Gasteiger partial charge in [0.05, 0.1) is 11.3 Å². The number of nitrogens with two attached hydrogens (primary N) is 1. The second-order valence-electron chi connectivity index (χ2n) is 6.58. The number of amides is 1. The van der Waals surface area contributed by atoms with Crippen molar-refractivity contribution >= 4 is 17.5 Å². The van der Waals surface area contributed by atoms with Crippen LogP contribution in [0.25, 0.3) is 0 Å². The van der Waals surface area contributed by atoms with Gasteiger partial charge in [-0.3, -0.25) is 4.79 Å². The van der Waals surface area contributed by atoms with Crippen LogP contribution in [0.3, 0.4) is 0 Å². The lowest BCUT2D eigenvalue weighted by atomic mass is 10.0. The fourth-order valence-electron chi connectivity index (χ4n) is 3.24. The molecule has 1 aliphatic rings. The molecule has 1 aliphatic heterocycles. The molecule has 1 fully saturated rings. The van der Waals surface area contributed by atoms with Gasteiger partial charge in [0.1, 0.15) is 18.0 Å². The standard InChI is InChI=1S/C20H24N6O/c1-3-18-17(8-6-15-7-9-19(21)22-11-15)20(24-13-23-18)26-10-4-5-16(12-26)25-14(2)27/h7,9,11,13,16H,3-5,10,12H2,1-2H3,(H2,21,22)(H,25,27). The number of nitrogen functional groups attached to an aromatic ring is 1. The topological polar surface area (TPSA) is 97.0 Å². The largest absolute Gasteiger partial charge is 0.384 e. The highest BCUT2D eigenvalue weighted by molar-refractivity contribution is 5.73. The molecule has 27 heavy (non-hydrogen) atoms. The lowest BCUT2D eigenvalue weighted by Crippen LogP contribution is -2.47. The predicted molar refractivity (Wildman–Crippen MR) is 105 cm³/mol. The number of hydrogen-bond acceptors (Lipinski definition) is 6. The zero-order chi connectivity index (χ0) is 19.2. The Bertz CT molecular complexity index is 868. The average molecular weight is 364 g/mol. The number of aromatic nitrogens is 3. The number of rotatable bonds is 3. The summed E-state index contributed by atoms with van der Waals surface area (Å²) in [5.74, 6) is 7.67. The second-order valence-corrected chi connectivity index (χ2v) is 6.58. The summed E-state index contributed by atoms with van der Waals surface area (Å²) in [5.41, 5.74) is 8.17. The first-order valence-corrected chi connectivity index (χ1v) is 9.16. The number of piperidine rings is 1. The molecule has 3 N–H and O–H groups in total. The Morgan fingerprint density at radius 1 is 1.33 bits per heavy atom. The Hall–Kier alpha value is -3.14. The summed E-state index contributed by atoms with van der Waals surface area (Å²) in [5, 5.41) is 3.01. The van der Waals surface area contributed by atoms with E-state index in [9.17, 15) is 4.79 Å². The predicted octanol–water partition coefficient (Wildman–Crippen LogP) is 1.52. The third-order valence-corrected chi connectivity index (χ3v) is 4.49. The van der Waals surface area contributed by atoms with Gasteiger partial charge in [0.25, 0.3) is 0 Å². The number of nitrogens with zero attached hydrogens (tertiary/aromatic N) is 4. The molecule has 1 unspecified atom stereocenters. The van der Waals surface area contributed by atoms with E-state index in [1.54, 1.807) is 25.5 Å². The first-order chi connectivity index (χ1) is 13.1. The van der Waals surface area contributed by atoms with E-state index in [1.807, 2.05) is 6.07 Å². The molecule has 1 atom stereocenters. The van der Waals surface area contributed by atoms with Crippen molar-refractivity contribution in [1.82, 2.24) is 20.3 Å². The Morgan fingerprint density at radius 2 is 2.19 bits per heavy atom. The van der Waals surface area contributed by atoms with E-state index in [0.717, 1.165) is 55.0 Å². The van der Waals surface area contributed by atoms with Crippen LogP contribution in [0.15, 0.2) is 24.7 Å². The molecule has 0 radical (unpaired) electrons. The van der Waals surface area contributed by atoms with Crippen molar-refractivity contribution in [3.05, 3.63) is 41.5 Å². The lowest BCUT2D eigenvalue weighted by molar-refractivity contribution is -0.119. The molecule has 140 valence electrons. The third-order valence-electron chi connectivity index (χ3n) is 4.49. The van der Waals surface area contributed by atoms with Gasteiger partial charge in [-0.25, -0.2) is 15.0 Å². The Morgan fingerprint density at radius 3 is 2.89 bits per heavy atom. The summed E-state index contributed by atoms with van der Waals surface area (Å²) in [7, 11) is 0. The van der Waals surface area contributed by atoms with Crippen molar-refractivity contribution < 1.29 is 4.79 Å². The van der Waals surface area contributed by atoms with Crippen LogP contribution in [-0.2, 0) is 11.2 Å². The van der Waals surface area contributed by atoms with Gasteiger partial charge in [0.2, 0.25) is 5.91 Å². The van der Waals surface area contributed by atoms with Crippen LogP contribution >= 0.6 is 0 Å². The first-order valence-electron chi connectivity index (χ1n) is 9.16. The highest BCUT2D eigenvalue weighted by atomic mass is 16.1. The molecule has 1 saturated heterocycles. The number of carbonyl (C=O) groups excluding carboxylic acids is 1. The fraction of sp³-hybridized carbons (Fsp3) is 0.400. The minimum absolute atomic E-state index is 0.00495. The van der Waals surface area contributed by atoms with E-state index in [-0.39, 0.29) is 11.9 Å². The molecule has 7 heteroatoms. The Balaban J connectivity index is 1.92. The molecule has 7 nitrogen and oxygen atoms in total. The molecule has 0 spiro atoms. The number of aryl methyl sites for hydroxylation is 1. The van der Waals surface area contributed by atoms with Gasteiger partial charge in [0.15, 0.2) is 0 Å². The van der Waals surface area contributed by atoms with Crippen LogP contribution in [0.2, 0.25) is 0 Å². The molecule has 0 aliphatic carbocycles. The van der Waals surface area contributed by atoms with Gasteiger partial charge in [-0.05, 0) is 31.4 Å². The monoisotopic (exact) mass is 364 g/mol. The first kappa shape index (κ1) is 18.6. The van der Waals surface area contributed by atoms with Crippen LogP contribution in [0, 0.1) is 11.8 Å². The van der Waals surface area contributed by atoms with Crippen molar-refractivity contribution in [1.29, 1.82) is 0 Å². The molecule has 0 bridgehead atoms. The lowest BCUT2D eigenvalue weighted by Gasteiger charge is -2.34. The van der Waals surface area contributed by atoms with E-state index < -0.39 is 0 Å². The minimum Gasteiger partial charge on any atom is -0.384 e. The van der Waals surface area contributed by atoms with Crippen molar-refractivity contribution in [3.8, 4) is 11.8 Å². The van der Waals surface area contributed by atoms with Gasteiger partial charge in [-0.2, -0.15) is 0 Å². The van der Waals surface area contributed by atoms with Gasteiger partial charge in [0, 0.05) is 37.8 Å². The zero-order valence-electron chi connectivity index (χ0n) is 15.7. The maximum absolute atomic E-state index is 11.4. The van der Waals surface area contributed by atoms with Gasteiger partial charge in [-0.1, -0.05) is 18.8 Å². The smallest absolute Gasteiger partial charge is 0.217 e. The number of nitrogens with one attached hydrogen (secondary N) is 1. The minimum atomic E-state index is -0.00495. The second kappa shape index (κ2) is 8.49. The van der Waals surface area contributed by atoms with Crippen molar-refractivity contribution in [2.75, 3.05) is 23.7 Å². The van der Waals surface area contributed by atoms with E-state index in [4.69, 9.17) is 5.73 Å². The molecule has 2 aromatic rings. The van der Waals surface area contributed by atoms with E-state index in [2.05, 4.69) is 43.9 Å². The molecule has 1 amide bonds. The van der Waals surface area contributed by atoms with E-state index in [1.165, 1.54) is 0 Å². The van der Waals surface area contributed by atoms with Crippen LogP contribution in [0.5, 0.6) is 0 Å². The normalized spacial score (nSPS) is 16.4. The molecule has 3 heterocycles. The van der Waals surface area contributed by atoms with Gasteiger partial charge < -0.3 is 16.0 Å². The van der Waals surface area contributed by atoms with Crippen LogP contribution in [-0.4, -0.2) is 40.0 Å². The highest BCUT2D eigenvalue weighted by Crippen LogP contribution is 2.23. The Kier molecular flexibility index (Phi) is 5.87. The summed E-state index contributed by atoms with van der Waals surface area (Å²) in [6, 6.07) is 3.70. The Labute approximate surface area is 159 Å². The maximum atomic E-state index is 11.4. The number of anilines is 2. The molecule has 0 saturated carbocycles. The van der Waals surface area contributed by atoms with E-state index >= 15 is 0 Å². The molecule has 2 aromatic heterocycles. The highest BCUT2D eigenvalue weighted by Gasteiger charge is 2.24. The van der Waals surface area contributed by atoms with Gasteiger partial charge in [-0.15, -0.1) is 0 Å². The number of pyridine rings is 1. The van der Waals surface area contributed by atoms with Crippen LogP contribution < -0.4 is 16.0 Å². The molecule has 0 aromatic carbocycles. The van der Waals surface area contributed by atoms with Crippen molar-refractivity contribution in [2.45, 2.75) is 39.2 Å². The molecule has 3 rings (SSSR count). The summed E-state index contributed by atoms with van der Waals surface area (Å²) in [6.45, 7) is 5.21. The molecular formula is C20H24N6O. The third kappa shape index (κ3) is 4.73. The van der Waals surface area contributed by atoms with Crippen molar-refractivity contribution in [3.63, 3.8) is 0 Å². The quantitative estimate of drug-likeness (QED) is 0.802. The maximum Gasteiger partial charge on any atom is 0.217 e. The van der Waals surface area contributed by atoms with Crippen LogP contribution in [0.1, 0.15) is 43.5 Å². The number of carbonyl (C=O) groups is 1. The fourth-order valence-corrected chi connectivity index (χ4v) is 3.24. The van der Waals surface area contributed by atoms with Gasteiger partial charge >= 0.3 is 0 Å². The summed E-state index contributed by atoms with van der Waals surface area (Å²) >= 11 is 0. The SMILES string of the molecule is CCc1ncnc(N2CCCC(NC(C)=O)C2)c1C#Cc1ccc(N)nc1. The summed E-state index contributed by atoms with van der Waals surface area (Å²) < 4.78 is 0. The van der Waals surface area contributed by atoms with Crippen molar-refractivity contribution in [2.24, 2.45) is 0 Å². The average Bonchev–Trinajstić information content (AvgIpc) is 2.67.